The van der Waals surface area contributed by atoms with E-state index in [1.54, 1.807) is 0 Å². The van der Waals surface area contributed by atoms with Crippen LogP contribution in [0.1, 0.15) is 28.2 Å². The van der Waals surface area contributed by atoms with Crippen molar-refractivity contribution in [2.45, 2.75) is 26.2 Å². The third kappa shape index (κ3) is 3.70. The van der Waals surface area contributed by atoms with E-state index < -0.39 is 0 Å². The van der Waals surface area contributed by atoms with Crippen molar-refractivity contribution in [2.75, 3.05) is 5.33 Å². The summed E-state index contributed by atoms with van der Waals surface area (Å²) in [7, 11) is 0. The van der Waals surface area contributed by atoms with E-state index in [1.165, 1.54) is 22.3 Å². The zero-order valence-corrected chi connectivity index (χ0v) is 14.5. The molecule has 0 saturated carbocycles. The molecule has 0 nitrogen and oxygen atoms in total. The minimum absolute atomic E-state index is 0.511. The second-order valence-corrected chi connectivity index (χ2v) is 6.54. The molecule has 0 fully saturated rings. The van der Waals surface area contributed by atoms with Gasteiger partial charge in [-0.25, -0.2) is 0 Å². The minimum atomic E-state index is 0.511. The van der Waals surface area contributed by atoms with E-state index in [0.29, 0.717) is 5.92 Å². The van der Waals surface area contributed by atoms with Crippen LogP contribution in [0.2, 0.25) is 0 Å². The van der Waals surface area contributed by atoms with Crippen LogP contribution in [0.3, 0.4) is 0 Å². The summed E-state index contributed by atoms with van der Waals surface area (Å²) in [6, 6.07) is 15.2. The first-order valence-electron chi connectivity index (χ1n) is 6.48. The number of rotatable bonds is 4. The van der Waals surface area contributed by atoms with Gasteiger partial charge in [0.2, 0.25) is 0 Å². The Kier molecular flexibility index (Phi) is 5.23. The van der Waals surface area contributed by atoms with E-state index in [0.717, 1.165) is 16.2 Å². The van der Waals surface area contributed by atoms with E-state index in [9.17, 15) is 0 Å². The van der Waals surface area contributed by atoms with Crippen LogP contribution in [0.15, 0.2) is 46.9 Å². The van der Waals surface area contributed by atoms with Crippen LogP contribution in [-0.4, -0.2) is 5.33 Å². The molecular formula is C17H18Br2. The summed E-state index contributed by atoms with van der Waals surface area (Å²) in [4.78, 5) is 0. The topological polar surface area (TPSA) is 0 Å². The Balaban J connectivity index is 2.29. The molecule has 2 heteroatoms. The molecule has 2 rings (SSSR count). The van der Waals surface area contributed by atoms with Gasteiger partial charge in [0, 0.05) is 9.80 Å². The Morgan fingerprint density at radius 2 is 1.63 bits per heavy atom. The third-order valence-electron chi connectivity index (χ3n) is 3.60. The molecule has 0 bridgehead atoms. The quantitative estimate of drug-likeness (QED) is 0.588. The van der Waals surface area contributed by atoms with Gasteiger partial charge in [-0.2, -0.15) is 0 Å². The largest absolute Gasteiger partial charge is 0.0921 e. The monoisotopic (exact) mass is 380 g/mol. The number of benzene rings is 2. The average molecular weight is 382 g/mol. The van der Waals surface area contributed by atoms with Crippen LogP contribution in [0, 0.1) is 13.8 Å². The fourth-order valence-electron chi connectivity index (χ4n) is 2.44. The third-order valence-corrected chi connectivity index (χ3v) is 4.88. The van der Waals surface area contributed by atoms with Gasteiger partial charge in [0.15, 0.2) is 0 Å². The predicted octanol–water partition coefficient (Wildman–Crippen LogP) is 5.79. The highest BCUT2D eigenvalue weighted by atomic mass is 79.9. The first-order chi connectivity index (χ1) is 9.11. The Morgan fingerprint density at radius 3 is 2.21 bits per heavy atom. The maximum atomic E-state index is 3.67. The molecule has 0 aliphatic rings. The van der Waals surface area contributed by atoms with Crippen molar-refractivity contribution in [2.24, 2.45) is 0 Å². The van der Waals surface area contributed by atoms with Crippen LogP contribution < -0.4 is 0 Å². The van der Waals surface area contributed by atoms with Gasteiger partial charge in [-0.05, 0) is 60.6 Å². The van der Waals surface area contributed by atoms with Crippen molar-refractivity contribution in [3.05, 3.63) is 69.2 Å². The van der Waals surface area contributed by atoms with Crippen LogP contribution in [0.4, 0.5) is 0 Å². The maximum absolute atomic E-state index is 3.67. The van der Waals surface area contributed by atoms with E-state index in [-0.39, 0.29) is 0 Å². The summed E-state index contributed by atoms with van der Waals surface area (Å²) < 4.78 is 1.15. The molecule has 1 unspecified atom stereocenters. The van der Waals surface area contributed by atoms with Crippen molar-refractivity contribution in [3.8, 4) is 0 Å². The molecule has 0 N–H and O–H groups in total. The summed E-state index contributed by atoms with van der Waals surface area (Å²) in [5.41, 5.74) is 5.64. The molecule has 0 saturated heterocycles. The van der Waals surface area contributed by atoms with Crippen molar-refractivity contribution in [3.63, 3.8) is 0 Å². The molecular weight excluding hydrogens is 364 g/mol. The molecule has 0 heterocycles. The Morgan fingerprint density at radius 1 is 1.00 bits per heavy atom. The van der Waals surface area contributed by atoms with Gasteiger partial charge >= 0.3 is 0 Å². The molecule has 0 amide bonds. The van der Waals surface area contributed by atoms with Gasteiger partial charge in [0.1, 0.15) is 0 Å². The van der Waals surface area contributed by atoms with E-state index in [2.05, 4.69) is 88.2 Å². The molecule has 100 valence electrons. The fourth-order valence-corrected chi connectivity index (χ4v) is 3.46. The molecule has 0 aliphatic heterocycles. The average Bonchev–Trinajstić information content (AvgIpc) is 2.38. The lowest BCUT2D eigenvalue weighted by molar-refractivity contribution is 0.766. The number of alkyl halides is 1. The molecule has 0 spiro atoms. The predicted molar refractivity (Wildman–Crippen MR) is 90.3 cm³/mol. The van der Waals surface area contributed by atoms with Crippen LogP contribution in [0.25, 0.3) is 0 Å². The maximum Gasteiger partial charge on any atom is 0.0178 e. The molecule has 2 aromatic carbocycles. The summed E-state index contributed by atoms with van der Waals surface area (Å²) in [5, 5.41) is 0.983. The lowest BCUT2D eigenvalue weighted by Gasteiger charge is -2.18. The van der Waals surface area contributed by atoms with Crippen molar-refractivity contribution in [1.29, 1.82) is 0 Å². The summed E-state index contributed by atoms with van der Waals surface area (Å²) in [6.45, 7) is 4.41. The second-order valence-electron chi connectivity index (χ2n) is 4.98. The molecule has 0 aliphatic carbocycles. The van der Waals surface area contributed by atoms with Gasteiger partial charge in [0.25, 0.3) is 0 Å². The first kappa shape index (κ1) is 14.8. The Hall–Kier alpha value is -0.600. The highest BCUT2D eigenvalue weighted by Crippen LogP contribution is 2.28. The van der Waals surface area contributed by atoms with Crippen LogP contribution in [-0.2, 0) is 6.42 Å². The van der Waals surface area contributed by atoms with Crippen molar-refractivity contribution in [1.82, 2.24) is 0 Å². The van der Waals surface area contributed by atoms with E-state index >= 15 is 0 Å². The highest BCUT2D eigenvalue weighted by molar-refractivity contribution is 9.10. The molecule has 19 heavy (non-hydrogen) atoms. The smallest absolute Gasteiger partial charge is 0.0178 e. The number of hydrogen-bond donors (Lipinski definition) is 0. The molecule has 0 aromatic heterocycles. The highest BCUT2D eigenvalue weighted by Gasteiger charge is 2.14. The zero-order chi connectivity index (χ0) is 13.8. The van der Waals surface area contributed by atoms with Crippen molar-refractivity contribution >= 4 is 31.9 Å². The lowest BCUT2D eigenvalue weighted by atomic mass is 9.89. The van der Waals surface area contributed by atoms with Gasteiger partial charge < -0.3 is 0 Å². The number of halogens is 2. The number of hydrogen-bond acceptors (Lipinski definition) is 0. The van der Waals surface area contributed by atoms with Gasteiger partial charge in [-0.1, -0.05) is 62.2 Å². The number of aryl methyl sites for hydroxylation is 2. The van der Waals surface area contributed by atoms with E-state index in [1.807, 2.05) is 0 Å². The van der Waals surface area contributed by atoms with Crippen LogP contribution in [0.5, 0.6) is 0 Å². The standard InChI is InChI=1S/C17H18Br2/c1-12-5-3-6-13(2)17(12)10-15(11-18)14-7-4-8-16(19)9-14/h3-9,15H,10-11H2,1-2H3. The normalized spacial score (nSPS) is 12.4. The lowest BCUT2D eigenvalue weighted by Crippen LogP contribution is -2.07. The molecule has 2 aromatic rings. The summed E-state index contributed by atoms with van der Waals surface area (Å²) in [5.74, 6) is 0.511. The second kappa shape index (κ2) is 6.71. The summed E-state index contributed by atoms with van der Waals surface area (Å²) in [6.07, 6.45) is 1.08. The SMILES string of the molecule is Cc1cccc(C)c1CC(CBr)c1cccc(Br)c1. The first-order valence-corrected chi connectivity index (χ1v) is 8.39. The fraction of sp³-hybridized carbons (Fsp3) is 0.294. The minimum Gasteiger partial charge on any atom is -0.0921 e. The van der Waals surface area contributed by atoms with Gasteiger partial charge in [-0.3, -0.25) is 0 Å². The Labute approximate surface area is 132 Å². The molecule has 0 radical (unpaired) electrons. The summed E-state index contributed by atoms with van der Waals surface area (Å²) >= 11 is 7.23. The van der Waals surface area contributed by atoms with E-state index in [4.69, 9.17) is 0 Å². The Bertz CT molecular complexity index is 541. The van der Waals surface area contributed by atoms with Gasteiger partial charge in [0.05, 0.1) is 0 Å². The van der Waals surface area contributed by atoms with Crippen LogP contribution >= 0.6 is 31.9 Å². The molecule has 1 atom stereocenters. The van der Waals surface area contributed by atoms with Gasteiger partial charge in [-0.15, -0.1) is 0 Å². The van der Waals surface area contributed by atoms with Crippen molar-refractivity contribution < 1.29 is 0 Å². The zero-order valence-electron chi connectivity index (χ0n) is 11.3.